The Balaban J connectivity index is 1.62. The fraction of sp³-hybridized carbons (Fsp3) is 0. The summed E-state index contributed by atoms with van der Waals surface area (Å²) in [6.45, 7) is 0. The zero-order valence-corrected chi connectivity index (χ0v) is 18.8. The van der Waals surface area contributed by atoms with Gasteiger partial charge in [0.2, 0.25) is 0 Å². The Bertz CT molecular complexity index is 1890. The Labute approximate surface area is 200 Å². The molecular weight excluding hydrogens is 440 g/mol. The maximum absolute atomic E-state index is 6.54. The van der Waals surface area contributed by atoms with Crippen molar-refractivity contribution in [1.82, 2.24) is 9.97 Å². The molecule has 0 aliphatic heterocycles. The standard InChI is InChI=1S/C30H17ClN2O/c31-24-17-16-21(18-8-1-2-9-19(18)24)28-29(33-26-14-5-4-13-25(26)32-28)23-12-7-11-22-20-10-3-6-15-27(20)34-30(22)23/h1-17H. The summed E-state index contributed by atoms with van der Waals surface area (Å²) < 4.78 is 6.36. The molecule has 0 spiro atoms. The van der Waals surface area contributed by atoms with E-state index in [-0.39, 0.29) is 0 Å². The van der Waals surface area contributed by atoms with Gasteiger partial charge in [0.05, 0.1) is 16.7 Å². The Morgan fingerprint density at radius 1 is 0.500 bits per heavy atom. The van der Waals surface area contributed by atoms with Gasteiger partial charge in [-0.1, -0.05) is 84.4 Å². The zero-order chi connectivity index (χ0) is 22.6. The minimum absolute atomic E-state index is 0.717. The summed E-state index contributed by atoms with van der Waals surface area (Å²) in [5.74, 6) is 0. The normalized spacial score (nSPS) is 11.7. The van der Waals surface area contributed by atoms with Crippen LogP contribution in [0.25, 0.3) is 66.3 Å². The molecule has 2 heterocycles. The summed E-state index contributed by atoms with van der Waals surface area (Å²) >= 11 is 6.54. The summed E-state index contributed by atoms with van der Waals surface area (Å²) in [5.41, 5.74) is 6.85. The van der Waals surface area contributed by atoms with Gasteiger partial charge in [-0.3, -0.25) is 0 Å². The highest BCUT2D eigenvalue weighted by Gasteiger charge is 2.20. The molecule has 7 aromatic rings. The van der Waals surface area contributed by atoms with Gasteiger partial charge in [0.1, 0.15) is 16.9 Å². The second kappa shape index (κ2) is 7.41. The number of rotatable bonds is 2. The van der Waals surface area contributed by atoms with E-state index in [1.165, 1.54) is 0 Å². The summed E-state index contributed by atoms with van der Waals surface area (Å²) in [6, 6.07) is 34.4. The van der Waals surface area contributed by atoms with Gasteiger partial charge in [-0.2, -0.15) is 0 Å². The van der Waals surface area contributed by atoms with Crippen LogP contribution in [0.15, 0.2) is 108 Å². The molecule has 3 nitrogen and oxygen atoms in total. The Morgan fingerprint density at radius 3 is 1.91 bits per heavy atom. The maximum atomic E-state index is 6.54. The third kappa shape index (κ3) is 2.84. The molecule has 0 amide bonds. The number of para-hydroxylation sites is 4. The van der Waals surface area contributed by atoms with Crippen molar-refractivity contribution in [2.24, 2.45) is 0 Å². The van der Waals surface area contributed by atoms with E-state index in [1.54, 1.807) is 0 Å². The van der Waals surface area contributed by atoms with Crippen LogP contribution < -0.4 is 0 Å². The summed E-state index contributed by atoms with van der Waals surface area (Å²) in [4.78, 5) is 10.2. The summed E-state index contributed by atoms with van der Waals surface area (Å²) in [7, 11) is 0. The number of aromatic nitrogens is 2. The molecule has 0 saturated carbocycles. The van der Waals surface area contributed by atoms with Crippen LogP contribution in [-0.2, 0) is 0 Å². The first kappa shape index (κ1) is 19.3. The zero-order valence-electron chi connectivity index (χ0n) is 18.0. The second-order valence-electron chi connectivity index (χ2n) is 8.33. The van der Waals surface area contributed by atoms with Crippen LogP contribution in [0.4, 0.5) is 0 Å². The Hall–Kier alpha value is -4.21. The van der Waals surface area contributed by atoms with Gasteiger partial charge >= 0.3 is 0 Å². The minimum Gasteiger partial charge on any atom is -0.455 e. The molecule has 0 saturated heterocycles. The van der Waals surface area contributed by atoms with Crippen LogP contribution in [0.2, 0.25) is 5.02 Å². The van der Waals surface area contributed by atoms with Crippen molar-refractivity contribution in [3.05, 3.63) is 108 Å². The van der Waals surface area contributed by atoms with Crippen LogP contribution in [0.1, 0.15) is 0 Å². The number of halogens is 1. The Kier molecular flexibility index (Phi) is 4.20. The van der Waals surface area contributed by atoms with E-state index in [9.17, 15) is 0 Å². The third-order valence-corrected chi connectivity index (χ3v) is 6.69. The molecule has 0 N–H and O–H groups in total. The lowest BCUT2D eigenvalue weighted by Gasteiger charge is -2.13. The number of fused-ring (bicyclic) bond motifs is 5. The molecule has 5 aromatic carbocycles. The molecule has 0 fully saturated rings. The van der Waals surface area contributed by atoms with Crippen LogP contribution in [0.5, 0.6) is 0 Å². The predicted molar refractivity (Wildman–Crippen MR) is 140 cm³/mol. The maximum Gasteiger partial charge on any atom is 0.144 e. The molecule has 0 atom stereocenters. The van der Waals surface area contributed by atoms with E-state index in [2.05, 4.69) is 30.3 Å². The highest BCUT2D eigenvalue weighted by atomic mass is 35.5. The fourth-order valence-corrected chi connectivity index (χ4v) is 5.01. The monoisotopic (exact) mass is 456 g/mol. The molecule has 0 radical (unpaired) electrons. The van der Waals surface area contributed by atoms with Crippen molar-refractivity contribution in [3.63, 3.8) is 0 Å². The largest absolute Gasteiger partial charge is 0.455 e. The van der Waals surface area contributed by atoms with Crippen molar-refractivity contribution in [3.8, 4) is 22.5 Å². The van der Waals surface area contributed by atoms with E-state index in [1.807, 2.05) is 72.8 Å². The second-order valence-corrected chi connectivity index (χ2v) is 8.74. The van der Waals surface area contributed by atoms with Crippen LogP contribution in [-0.4, -0.2) is 9.97 Å². The first-order valence-corrected chi connectivity index (χ1v) is 11.5. The van der Waals surface area contributed by atoms with Gasteiger partial charge in [-0.25, -0.2) is 9.97 Å². The quantitative estimate of drug-likeness (QED) is 0.261. The molecule has 0 bridgehead atoms. The van der Waals surface area contributed by atoms with Crippen molar-refractivity contribution in [2.45, 2.75) is 0 Å². The lowest BCUT2D eigenvalue weighted by atomic mass is 9.97. The topological polar surface area (TPSA) is 38.9 Å². The van der Waals surface area contributed by atoms with Crippen LogP contribution in [0, 0.1) is 0 Å². The van der Waals surface area contributed by atoms with Gasteiger partial charge in [0, 0.05) is 32.3 Å². The van der Waals surface area contributed by atoms with Crippen molar-refractivity contribution in [1.29, 1.82) is 0 Å². The molecule has 7 rings (SSSR count). The van der Waals surface area contributed by atoms with E-state index in [0.29, 0.717) is 5.02 Å². The number of hydrogen-bond donors (Lipinski definition) is 0. The van der Waals surface area contributed by atoms with E-state index in [4.69, 9.17) is 26.0 Å². The predicted octanol–water partition coefficient (Wildman–Crippen LogP) is 8.67. The summed E-state index contributed by atoms with van der Waals surface area (Å²) in [5, 5.41) is 4.90. The average molecular weight is 457 g/mol. The van der Waals surface area contributed by atoms with Gasteiger partial charge in [0.25, 0.3) is 0 Å². The lowest BCUT2D eigenvalue weighted by Crippen LogP contribution is -1.96. The molecule has 160 valence electrons. The molecular formula is C30H17ClN2O. The highest BCUT2D eigenvalue weighted by Crippen LogP contribution is 2.41. The number of benzene rings is 5. The SMILES string of the molecule is Clc1ccc(-c2nc3ccccc3nc2-c2cccc3c2oc2ccccc23)c2ccccc12. The first-order chi connectivity index (χ1) is 16.8. The molecule has 0 unspecified atom stereocenters. The van der Waals surface area contributed by atoms with Crippen LogP contribution in [0.3, 0.4) is 0 Å². The minimum atomic E-state index is 0.717. The van der Waals surface area contributed by atoms with Crippen molar-refractivity contribution >= 4 is 55.3 Å². The Morgan fingerprint density at radius 2 is 1.12 bits per heavy atom. The highest BCUT2D eigenvalue weighted by molar-refractivity contribution is 6.36. The number of furan rings is 1. The van der Waals surface area contributed by atoms with E-state index < -0.39 is 0 Å². The lowest BCUT2D eigenvalue weighted by molar-refractivity contribution is 0.670. The molecule has 0 aliphatic carbocycles. The van der Waals surface area contributed by atoms with Crippen molar-refractivity contribution < 1.29 is 4.42 Å². The van der Waals surface area contributed by atoms with E-state index >= 15 is 0 Å². The fourth-order valence-electron chi connectivity index (χ4n) is 4.78. The van der Waals surface area contributed by atoms with Gasteiger partial charge < -0.3 is 4.42 Å². The average Bonchev–Trinajstić information content (AvgIpc) is 3.27. The molecule has 2 aromatic heterocycles. The third-order valence-electron chi connectivity index (χ3n) is 6.36. The molecule has 34 heavy (non-hydrogen) atoms. The van der Waals surface area contributed by atoms with Gasteiger partial charge in [0.15, 0.2) is 0 Å². The number of hydrogen-bond acceptors (Lipinski definition) is 3. The number of nitrogens with zero attached hydrogens (tertiary/aromatic N) is 2. The smallest absolute Gasteiger partial charge is 0.144 e. The molecule has 0 aliphatic rings. The van der Waals surface area contributed by atoms with Crippen LogP contribution >= 0.6 is 11.6 Å². The van der Waals surface area contributed by atoms with Crippen molar-refractivity contribution in [2.75, 3.05) is 0 Å². The first-order valence-electron chi connectivity index (χ1n) is 11.1. The van der Waals surface area contributed by atoms with Gasteiger partial charge in [-0.05, 0) is 35.7 Å². The molecule has 4 heteroatoms. The van der Waals surface area contributed by atoms with Gasteiger partial charge in [-0.15, -0.1) is 0 Å². The summed E-state index contributed by atoms with van der Waals surface area (Å²) in [6.07, 6.45) is 0. The van der Waals surface area contributed by atoms with E-state index in [0.717, 1.165) is 66.3 Å².